The summed E-state index contributed by atoms with van der Waals surface area (Å²) >= 11 is 0. The number of carbonyl (C=O) groups excluding carboxylic acids is 1. The van der Waals surface area contributed by atoms with E-state index in [1.54, 1.807) is 24.0 Å². The van der Waals surface area contributed by atoms with Crippen LogP contribution in [0.2, 0.25) is 0 Å². The number of hydrogen-bond acceptors (Lipinski definition) is 2. The third-order valence-electron chi connectivity index (χ3n) is 2.81. The van der Waals surface area contributed by atoms with E-state index < -0.39 is 0 Å². The van der Waals surface area contributed by atoms with Crippen LogP contribution in [-0.2, 0) is 4.74 Å². The van der Waals surface area contributed by atoms with Crippen molar-refractivity contribution in [1.82, 2.24) is 4.90 Å². The normalized spacial score (nSPS) is 10.2. The first-order chi connectivity index (χ1) is 8.82. The van der Waals surface area contributed by atoms with E-state index in [-0.39, 0.29) is 42.9 Å². The average molecular weight is 273 g/mol. The Balaban J connectivity index is 0.00000361. The molecule has 0 N–H and O–H groups in total. The van der Waals surface area contributed by atoms with Gasteiger partial charge in [0.2, 0.25) is 0 Å². The van der Waals surface area contributed by atoms with E-state index in [1.807, 2.05) is 27.7 Å². The van der Waals surface area contributed by atoms with E-state index in [4.69, 9.17) is 4.74 Å². The number of amides is 1. The number of nitrogens with zero attached hydrogens (tertiary/aromatic N) is 1. The van der Waals surface area contributed by atoms with Gasteiger partial charge in [-0.05, 0) is 27.7 Å². The first-order valence-corrected chi connectivity index (χ1v) is 6.42. The molecule has 1 aromatic carbocycles. The molecular weight excluding hydrogens is 252 g/mol. The summed E-state index contributed by atoms with van der Waals surface area (Å²) in [5.41, 5.74) is 0.696. The minimum Gasteiger partial charge on any atom is -0.478 e. The van der Waals surface area contributed by atoms with Crippen LogP contribution >= 0.6 is 0 Å². The Morgan fingerprint density at radius 1 is 1.15 bits per heavy atom. The fraction of sp³-hybridized carbons (Fsp3) is 0.467. The zero-order valence-corrected chi connectivity index (χ0v) is 13.1. The molecule has 0 aliphatic heterocycles. The molecule has 0 heterocycles. The summed E-state index contributed by atoms with van der Waals surface area (Å²) in [6, 6.07) is 5.99. The van der Waals surface area contributed by atoms with Crippen LogP contribution in [0.3, 0.4) is 0 Å². The molecule has 1 rings (SSSR count). The van der Waals surface area contributed by atoms with Crippen molar-refractivity contribution in [2.45, 2.75) is 46.7 Å². The summed E-state index contributed by atoms with van der Waals surface area (Å²) in [4.78, 5) is 13.7. The second-order valence-corrected chi connectivity index (χ2v) is 5.03. The molecule has 1 amide bonds. The molecule has 0 radical (unpaired) electrons. The molecule has 3 nitrogen and oxygen atoms in total. The van der Waals surface area contributed by atoms with Gasteiger partial charge in [0, 0.05) is 18.2 Å². The maximum atomic E-state index is 12.8. The molecule has 0 bridgehead atoms. The maximum Gasteiger partial charge on any atom is 1.00 e. The quantitative estimate of drug-likeness (QED) is 0.605. The Hall–Kier alpha value is -1.11. The summed E-state index contributed by atoms with van der Waals surface area (Å²) in [6.07, 6.45) is 0.0862. The van der Waals surface area contributed by atoms with Crippen LogP contribution in [0.5, 0.6) is 0 Å². The molecule has 0 spiro atoms. The van der Waals surface area contributed by atoms with Gasteiger partial charge in [-0.3, -0.25) is 0 Å². The van der Waals surface area contributed by atoms with Crippen LogP contribution in [0.1, 0.15) is 40.2 Å². The Morgan fingerprint density at radius 3 is 2.00 bits per heavy atom. The van der Waals surface area contributed by atoms with Crippen molar-refractivity contribution in [1.29, 1.82) is 0 Å². The van der Waals surface area contributed by atoms with Crippen LogP contribution in [0.15, 0.2) is 24.3 Å². The molecule has 0 atom stereocenters. The standard InChI is InChI=1S/C15H21FNO2.Li/c1-10(2)17(11(3)4)15(18)19-12(5)13-6-8-14(16)9-7-13;/h6-11H,1-5H3;/q-1;+1. The summed E-state index contributed by atoms with van der Waals surface area (Å²) in [7, 11) is 0. The minimum atomic E-state index is -0.383. The van der Waals surface area contributed by atoms with E-state index >= 15 is 0 Å². The Bertz CT molecular complexity index is 412. The summed E-state index contributed by atoms with van der Waals surface area (Å²) in [5.74, 6) is -0.311. The molecule has 0 saturated heterocycles. The monoisotopic (exact) mass is 273 g/mol. The summed E-state index contributed by atoms with van der Waals surface area (Å²) < 4.78 is 18.2. The predicted octanol–water partition coefficient (Wildman–Crippen LogP) is 0.985. The number of ether oxygens (including phenoxy) is 1. The smallest absolute Gasteiger partial charge is 0.478 e. The van der Waals surface area contributed by atoms with E-state index in [9.17, 15) is 9.18 Å². The summed E-state index contributed by atoms with van der Waals surface area (Å²) in [5, 5.41) is 0. The van der Waals surface area contributed by atoms with E-state index in [0.29, 0.717) is 11.7 Å². The predicted molar refractivity (Wildman–Crippen MR) is 73.0 cm³/mol. The number of halogens is 1. The Morgan fingerprint density at radius 2 is 1.60 bits per heavy atom. The molecule has 1 aromatic rings. The first kappa shape index (κ1) is 18.9. The minimum absolute atomic E-state index is 0. The molecule has 0 fully saturated rings. The largest absolute Gasteiger partial charge is 1.00 e. The zero-order valence-electron chi connectivity index (χ0n) is 13.1. The van der Waals surface area contributed by atoms with Crippen molar-refractivity contribution in [2.24, 2.45) is 0 Å². The molecule has 0 saturated carbocycles. The van der Waals surface area contributed by atoms with Gasteiger partial charge in [-0.15, -0.1) is 0 Å². The van der Waals surface area contributed by atoms with E-state index in [0.717, 1.165) is 0 Å². The van der Waals surface area contributed by atoms with Gasteiger partial charge in [-0.25, -0.2) is 9.18 Å². The van der Waals surface area contributed by atoms with Crippen LogP contribution in [0.25, 0.3) is 0 Å². The SMILES string of the molecule is C[C-](OC(=O)N(C(C)C)C(C)C)c1ccc(F)cc1.[Li+]. The van der Waals surface area contributed by atoms with Crippen molar-refractivity contribution < 1.29 is 32.8 Å². The van der Waals surface area contributed by atoms with Crippen LogP contribution in [0.4, 0.5) is 9.18 Å². The van der Waals surface area contributed by atoms with Crippen molar-refractivity contribution in [3.63, 3.8) is 0 Å². The van der Waals surface area contributed by atoms with Crippen molar-refractivity contribution in [2.75, 3.05) is 0 Å². The van der Waals surface area contributed by atoms with Gasteiger partial charge in [-0.2, -0.15) is 17.7 Å². The van der Waals surface area contributed by atoms with Crippen molar-refractivity contribution >= 4 is 6.09 Å². The number of rotatable bonds is 4. The maximum absolute atomic E-state index is 12.8. The molecular formula is C15H21FLiNO2. The van der Waals surface area contributed by atoms with Gasteiger partial charge < -0.3 is 9.64 Å². The number of carbonyl (C=O) groups is 1. The van der Waals surface area contributed by atoms with Crippen LogP contribution in [-0.4, -0.2) is 23.1 Å². The fourth-order valence-electron chi connectivity index (χ4n) is 1.95. The van der Waals surface area contributed by atoms with Gasteiger partial charge >= 0.3 is 25.0 Å². The first-order valence-electron chi connectivity index (χ1n) is 6.42. The second-order valence-electron chi connectivity index (χ2n) is 5.03. The molecule has 0 unspecified atom stereocenters. The molecule has 0 aromatic heterocycles. The van der Waals surface area contributed by atoms with Gasteiger partial charge in [-0.1, -0.05) is 19.1 Å². The number of hydrogen-bond donors (Lipinski definition) is 0. The fourth-order valence-corrected chi connectivity index (χ4v) is 1.95. The molecule has 0 aliphatic rings. The van der Waals surface area contributed by atoms with Gasteiger partial charge in [0.1, 0.15) is 0 Å². The van der Waals surface area contributed by atoms with Gasteiger partial charge in [0.15, 0.2) is 0 Å². The Kier molecular flexibility index (Phi) is 7.78. The molecule has 20 heavy (non-hydrogen) atoms. The second kappa shape index (κ2) is 8.24. The molecule has 106 valence electrons. The van der Waals surface area contributed by atoms with Crippen molar-refractivity contribution in [3.8, 4) is 0 Å². The third-order valence-corrected chi connectivity index (χ3v) is 2.81. The topological polar surface area (TPSA) is 29.5 Å². The van der Waals surface area contributed by atoms with Crippen molar-refractivity contribution in [3.05, 3.63) is 41.8 Å². The van der Waals surface area contributed by atoms with Gasteiger partial charge in [0.05, 0.1) is 5.82 Å². The third kappa shape index (κ3) is 5.11. The summed E-state index contributed by atoms with van der Waals surface area (Å²) in [6.45, 7) is 9.45. The average Bonchev–Trinajstić information content (AvgIpc) is 2.28. The molecule has 5 heteroatoms. The van der Waals surface area contributed by atoms with Crippen LogP contribution in [0, 0.1) is 11.9 Å². The van der Waals surface area contributed by atoms with E-state index in [1.165, 1.54) is 12.1 Å². The Labute approximate surface area is 132 Å². The number of benzene rings is 1. The zero-order chi connectivity index (χ0) is 14.6. The van der Waals surface area contributed by atoms with Gasteiger partial charge in [0.25, 0.3) is 0 Å². The molecule has 0 aliphatic carbocycles. The van der Waals surface area contributed by atoms with Crippen LogP contribution < -0.4 is 18.9 Å². The van der Waals surface area contributed by atoms with E-state index in [2.05, 4.69) is 0 Å².